The SMILES string of the molecule is OC1(C(F)(F)F)CC(c2ccc3ccccc3c2)=NN1c1nc(-c2ccc(Cl)cc2)cs1. The molecule has 5 rings (SSSR count). The molecule has 0 amide bonds. The maximum Gasteiger partial charge on any atom is 0.438 e. The van der Waals surface area contributed by atoms with Crippen LogP contribution in [0.1, 0.15) is 12.0 Å². The minimum absolute atomic E-state index is 0.0504. The number of benzene rings is 3. The molecule has 3 aromatic carbocycles. The second-order valence-corrected chi connectivity index (χ2v) is 8.71. The molecule has 1 aliphatic heterocycles. The van der Waals surface area contributed by atoms with Gasteiger partial charge in [0.1, 0.15) is 0 Å². The van der Waals surface area contributed by atoms with Gasteiger partial charge in [-0.25, -0.2) is 4.98 Å². The number of rotatable bonds is 3. The van der Waals surface area contributed by atoms with Crippen LogP contribution in [-0.2, 0) is 0 Å². The summed E-state index contributed by atoms with van der Waals surface area (Å²) in [6.45, 7) is 0. The van der Waals surface area contributed by atoms with Crippen molar-refractivity contribution in [3.63, 3.8) is 0 Å². The van der Waals surface area contributed by atoms with E-state index in [0.717, 1.165) is 22.1 Å². The Balaban J connectivity index is 1.56. The highest BCUT2D eigenvalue weighted by molar-refractivity contribution is 7.14. The number of alkyl halides is 3. The number of halogens is 4. The lowest BCUT2D eigenvalue weighted by molar-refractivity contribution is -0.254. The number of aromatic nitrogens is 1. The fraction of sp³-hybridized carbons (Fsp3) is 0.130. The molecule has 0 fully saturated rings. The smallest absolute Gasteiger partial charge is 0.362 e. The molecule has 0 radical (unpaired) electrons. The summed E-state index contributed by atoms with van der Waals surface area (Å²) in [5.41, 5.74) is -1.36. The zero-order chi connectivity index (χ0) is 22.5. The Kier molecular flexibility index (Phi) is 4.96. The van der Waals surface area contributed by atoms with Crippen molar-refractivity contribution in [3.05, 3.63) is 82.7 Å². The molecule has 0 bridgehead atoms. The molecule has 1 aromatic heterocycles. The standard InChI is InChI=1S/C23H15ClF3N3OS/c24-18-9-7-15(8-10-18)20-13-32-21(28-20)30-22(31,23(25,26)27)12-19(29-30)17-6-5-14-3-1-2-4-16(14)11-17/h1-11,13,31H,12H2. The topological polar surface area (TPSA) is 48.7 Å². The van der Waals surface area contributed by atoms with E-state index < -0.39 is 18.3 Å². The first-order valence-corrected chi connectivity index (χ1v) is 10.9. The van der Waals surface area contributed by atoms with Gasteiger partial charge in [-0.15, -0.1) is 11.3 Å². The molecule has 0 aliphatic carbocycles. The van der Waals surface area contributed by atoms with Crippen LogP contribution < -0.4 is 5.01 Å². The summed E-state index contributed by atoms with van der Waals surface area (Å²) in [6, 6.07) is 19.7. The van der Waals surface area contributed by atoms with Crippen LogP contribution in [-0.4, -0.2) is 27.7 Å². The molecular formula is C23H15ClF3N3OS. The van der Waals surface area contributed by atoms with Crippen molar-refractivity contribution in [2.75, 3.05) is 5.01 Å². The van der Waals surface area contributed by atoms with Gasteiger partial charge in [0.15, 0.2) is 0 Å². The monoisotopic (exact) mass is 473 g/mol. The summed E-state index contributed by atoms with van der Waals surface area (Å²) in [4.78, 5) is 4.31. The molecule has 2 heterocycles. The molecule has 0 saturated carbocycles. The van der Waals surface area contributed by atoms with Gasteiger partial charge in [-0.1, -0.05) is 60.1 Å². The van der Waals surface area contributed by atoms with Gasteiger partial charge in [-0.3, -0.25) is 0 Å². The van der Waals surface area contributed by atoms with E-state index in [-0.39, 0.29) is 10.8 Å². The van der Waals surface area contributed by atoms with Crippen LogP contribution in [0.5, 0.6) is 0 Å². The Morgan fingerprint density at radius 1 is 0.969 bits per heavy atom. The van der Waals surface area contributed by atoms with Crippen molar-refractivity contribution in [2.45, 2.75) is 18.3 Å². The molecule has 162 valence electrons. The molecule has 1 unspecified atom stereocenters. The number of nitrogens with zero attached hydrogens (tertiary/aromatic N) is 3. The fourth-order valence-electron chi connectivity index (χ4n) is 3.61. The summed E-state index contributed by atoms with van der Waals surface area (Å²) in [5.74, 6) is 0. The van der Waals surface area contributed by atoms with Gasteiger partial charge in [0.05, 0.1) is 17.8 Å². The molecule has 0 saturated heterocycles. The van der Waals surface area contributed by atoms with E-state index in [0.29, 0.717) is 26.9 Å². The normalized spacial score (nSPS) is 18.9. The first-order chi connectivity index (χ1) is 15.2. The van der Waals surface area contributed by atoms with E-state index in [2.05, 4.69) is 10.1 Å². The number of thiazole rings is 1. The number of hydrogen-bond acceptors (Lipinski definition) is 5. The Morgan fingerprint density at radius 2 is 1.66 bits per heavy atom. The number of anilines is 1. The molecule has 4 nitrogen and oxygen atoms in total. The summed E-state index contributed by atoms with van der Waals surface area (Å²) in [7, 11) is 0. The Morgan fingerprint density at radius 3 is 2.38 bits per heavy atom. The third-order valence-electron chi connectivity index (χ3n) is 5.33. The fourth-order valence-corrected chi connectivity index (χ4v) is 4.59. The number of fused-ring (bicyclic) bond motifs is 1. The van der Waals surface area contributed by atoms with Gasteiger partial charge in [-0.2, -0.15) is 23.3 Å². The lowest BCUT2D eigenvalue weighted by Gasteiger charge is -2.32. The maximum absolute atomic E-state index is 14.0. The van der Waals surface area contributed by atoms with E-state index >= 15 is 0 Å². The third-order valence-corrected chi connectivity index (χ3v) is 6.40. The molecule has 1 atom stereocenters. The molecule has 1 N–H and O–H groups in total. The van der Waals surface area contributed by atoms with Crippen LogP contribution in [0.3, 0.4) is 0 Å². The quantitative estimate of drug-likeness (QED) is 0.370. The van der Waals surface area contributed by atoms with Crippen molar-refractivity contribution in [1.29, 1.82) is 0 Å². The average molecular weight is 474 g/mol. The van der Waals surface area contributed by atoms with Gasteiger partial charge in [0.25, 0.3) is 5.72 Å². The molecule has 4 aromatic rings. The minimum atomic E-state index is -4.94. The first kappa shape index (κ1) is 20.9. The average Bonchev–Trinajstić information content (AvgIpc) is 3.39. The number of aliphatic hydroxyl groups is 1. The van der Waals surface area contributed by atoms with Crippen LogP contribution in [0.2, 0.25) is 5.02 Å². The van der Waals surface area contributed by atoms with E-state index in [1.807, 2.05) is 30.3 Å². The zero-order valence-corrected chi connectivity index (χ0v) is 17.9. The highest BCUT2D eigenvalue weighted by Crippen LogP contribution is 2.45. The van der Waals surface area contributed by atoms with Crippen molar-refractivity contribution >= 4 is 44.6 Å². The summed E-state index contributed by atoms with van der Waals surface area (Å²) in [6.07, 6.45) is -5.65. The third kappa shape index (κ3) is 3.54. The van der Waals surface area contributed by atoms with Crippen LogP contribution in [0.15, 0.2) is 77.2 Å². The van der Waals surface area contributed by atoms with Gasteiger partial charge in [0.2, 0.25) is 5.13 Å². The predicted octanol–water partition coefficient (Wildman–Crippen LogP) is 6.48. The second-order valence-electron chi connectivity index (χ2n) is 7.43. The maximum atomic E-state index is 14.0. The summed E-state index contributed by atoms with van der Waals surface area (Å²) in [5, 5.41) is 19.5. The van der Waals surface area contributed by atoms with E-state index in [1.165, 1.54) is 0 Å². The van der Waals surface area contributed by atoms with Crippen molar-refractivity contribution in [1.82, 2.24) is 4.98 Å². The van der Waals surface area contributed by atoms with E-state index in [4.69, 9.17) is 11.6 Å². The van der Waals surface area contributed by atoms with Crippen LogP contribution in [0.4, 0.5) is 18.3 Å². The number of hydrazone groups is 1. The second kappa shape index (κ2) is 7.58. The van der Waals surface area contributed by atoms with Crippen LogP contribution >= 0.6 is 22.9 Å². The van der Waals surface area contributed by atoms with Gasteiger partial charge in [0, 0.05) is 16.0 Å². The highest BCUT2D eigenvalue weighted by Gasteiger charge is 2.62. The largest absolute Gasteiger partial charge is 0.438 e. The lowest BCUT2D eigenvalue weighted by Crippen LogP contribution is -2.55. The predicted molar refractivity (Wildman–Crippen MR) is 121 cm³/mol. The van der Waals surface area contributed by atoms with Gasteiger partial charge >= 0.3 is 6.18 Å². The lowest BCUT2D eigenvalue weighted by atomic mass is 9.98. The minimum Gasteiger partial charge on any atom is -0.362 e. The Hall–Kier alpha value is -2.94. The Bertz CT molecular complexity index is 1340. The first-order valence-electron chi connectivity index (χ1n) is 9.62. The molecule has 32 heavy (non-hydrogen) atoms. The molecule has 1 aliphatic rings. The zero-order valence-electron chi connectivity index (χ0n) is 16.3. The van der Waals surface area contributed by atoms with Crippen LogP contribution in [0, 0.1) is 0 Å². The van der Waals surface area contributed by atoms with Crippen molar-refractivity contribution in [2.24, 2.45) is 5.10 Å². The van der Waals surface area contributed by atoms with Gasteiger partial charge < -0.3 is 5.11 Å². The molecule has 0 spiro atoms. The van der Waals surface area contributed by atoms with Crippen molar-refractivity contribution in [3.8, 4) is 11.3 Å². The molecular weight excluding hydrogens is 459 g/mol. The van der Waals surface area contributed by atoms with Crippen molar-refractivity contribution < 1.29 is 18.3 Å². The summed E-state index contributed by atoms with van der Waals surface area (Å²) >= 11 is 6.88. The number of hydrogen-bond donors (Lipinski definition) is 1. The van der Waals surface area contributed by atoms with E-state index in [1.54, 1.807) is 41.8 Å². The Labute approximate surface area is 190 Å². The van der Waals surface area contributed by atoms with Gasteiger partial charge in [-0.05, 0) is 34.5 Å². The summed E-state index contributed by atoms with van der Waals surface area (Å²) < 4.78 is 42.0. The van der Waals surface area contributed by atoms with Crippen LogP contribution in [0.25, 0.3) is 22.0 Å². The highest BCUT2D eigenvalue weighted by atomic mass is 35.5. The van der Waals surface area contributed by atoms with E-state index in [9.17, 15) is 18.3 Å². The molecule has 9 heteroatoms.